The van der Waals surface area contributed by atoms with Crippen molar-refractivity contribution in [3.63, 3.8) is 0 Å². The monoisotopic (exact) mass is 142 g/mol. The second-order valence-corrected chi connectivity index (χ2v) is 3.34. The third-order valence-electron chi connectivity index (χ3n) is 2.23. The molecular formula is C7H14N2O. The number of carbonyl (C=O) groups is 1. The number of amides is 1. The Hall–Kier alpha value is -0.570. The topological polar surface area (TPSA) is 46.3 Å². The van der Waals surface area contributed by atoms with Gasteiger partial charge in [-0.05, 0) is 18.4 Å². The van der Waals surface area contributed by atoms with Gasteiger partial charge in [-0.3, -0.25) is 4.79 Å². The van der Waals surface area contributed by atoms with Gasteiger partial charge in [-0.1, -0.05) is 6.92 Å². The van der Waals surface area contributed by atoms with Crippen molar-refractivity contribution in [3.05, 3.63) is 0 Å². The zero-order valence-electron chi connectivity index (χ0n) is 6.34. The Labute approximate surface area is 61.2 Å². The number of nitrogens with zero attached hydrogens (tertiary/aromatic N) is 1. The van der Waals surface area contributed by atoms with Gasteiger partial charge in [0.05, 0.1) is 0 Å². The van der Waals surface area contributed by atoms with Gasteiger partial charge in [0, 0.05) is 13.1 Å². The molecule has 1 aliphatic heterocycles. The summed E-state index contributed by atoms with van der Waals surface area (Å²) in [5.41, 5.74) is 5.72. The van der Waals surface area contributed by atoms with Crippen LogP contribution in [0, 0.1) is 5.41 Å². The number of hydrogen-bond donors (Lipinski definition) is 1. The molecule has 1 atom stereocenters. The van der Waals surface area contributed by atoms with Crippen LogP contribution in [-0.4, -0.2) is 30.9 Å². The van der Waals surface area contributed by atoms with Gasteiger partial charge in [0.15, 0.2) is 0 Å². The molecule has 1 saturated heterocycles. The molecule has 0 radical (unpaired) electrons. The summed E-state index contributed by atoms with van der Waals surface area (Å²) in [5.74, 6) is 0. The fraction of sp³-hybridized carbons (Fsp3) is 0.857. The van der Waals surface area contributed by atoms with Gasteiger partial charge in [0.25, 0.3) is 0 Å². The Morgan fingerprint density at radius 1 is 1.80 bits per heavy atom. The zero-order valence-corrected chi connectivity index (χ0v) is 6.34. The highest BCUT2D eigenvalue weighted by Gasteiger charge is 2.31. The summed E-state index contributed by atoms with van der Waals surface area (Å²) in [6.07, 6.45) is 1.95. The van der Waals surface area contributed by atoms with Crippen molar-refractivity contribution in [3.8, 4) is 0 Å². The quantitative estimate of drug-likeness (QED) is 0.543. The Morgan fingerprint density at radius 2 is 2.50 bits per heavy atom. The van der Waals surface area contributed by atoms with E-state index in [2.05, 4.69) is 6.92 Å². The molecule has 0 aromatic carbocycles. The van der Waals surface area contributed by atoms with Crippen molar-refractivity contribution in [1.82, 2.24) is 4.90 Å². The van der Waals surface area contributed by atoms with E-state index in [0.29, 0.717) is 6.54 Å². The number of rotatable bonds is 2. The highest BCUT2D eigenvalue weighted by atomic mass is 16.1. The summed E-state index contributed by atoms with van der Waals surface area (Å²) in [4.78, 5) is 12.1. The molecule has 2 N–H and O–H groups in total. The first kappa shape index (κ1) is 7.54. The smallest absolute Gasteiger partial charge is 0.209 e. The fourth-order valence-corrected chi connectivity index (χ4v) is 1.32. The average molecular weight is 142 g/mol. The number of likely N-dealkylation sites (tertiary alicyclic amines) is 1. The molecule has 0 saturated carbocycles. The van der Waals surface area contributed by atoms with Crippen molar-refractivity contribution in [2.45, 2.75) is 13.3 Å². The van der Waals surface area contributed by atoms with Crippen LogP contribution in [0.3, 0.4) is 0 Å². The predicted molar refractivity (Wildman–Crippen MR) is 39.4 cm³/mol. The third kappa shape index (κ3) is 1.29. The van der Waals surface area contributed by atoms with Crippen molar-refractivity contribution < 1.29 is 4.79 Å². The molecular weight excluding hydrogens is 128 g/mol. The Morgan fingerprint density at radius 3 is 2.80 bits per heavy atom. The van der Waals surface area contributed by atoms with Gasteiger partial charge in [0.1, 0.15) is 0 Å². The Balaban J connectivity index is 2.48. The summed E-state index contributed by atoms with van der Waals surface area (Å²) < 4.78 is 0. The van der Waals surface area contributed by atoms with Gasteiger partial charge >= 0.3 is 0 Å². The number of hydrogen-bond acceptors (Lipinski definition) is 2. The largest absolute Gasteiger partial charge is 0.345 e. The van der Waals surface area contributed by atoms with E-state index in [-0.39, 0.29) is 5.41 Å². The van der Waals surface area contributed by atoms with E-state index in [9.17, 15) is 4.79 Å². The maximum Gasteiger partial charge on any atom is 0.209 e. The van der Waals surface area contributed by atoms with E-state index in [1.165, 1.54) is 0 Å². The van der Waals surface area contributed by atoms with Crippen LogP contribution in [0.25, 0.3) is 0 Å². The Kier molecular flexibility index (Phi) is 1.94. The first-order valence-corrected chi connectivity index (χ1v) is 3.60. The lowest BCUT2D eigenvalue weighted by molar-refractivity contribution is -0.117. The summed E-state index contributed by atoms with van der Waals surface area (Å²) in [6.45, 7) is 4.50. The van der Waals surface area contributed by atoms with E-state index in [4.69, 9.17) is 5.73 Å². The minimum Gasteiger partial charge on any atom is -0.345 e. The standard InChI is InChI=1S/C7H14N2O/c1-7(4-8)2-3-9(5-7)6-10/h6H,2-5,8H2,1H3. The van der Waals surface area contributed by atoms with Crippen LogP contribution in [0.2, 0.25) is 0 Å². The van der Waals surface area contributed by atoms with Crippen LogP contribution in [0.1, 0.15) is 13.3 Å². The molecule has 3 heteroatoms. The summed E-state index contributed by atoms with van der Waals surface area (Å²) in [7, 11) is 0. The zero-order chi connectivity index (χ0) is 7.61. The van der Waals surface area contributed by atoms with Gasteiger partial charge in [-0.2, -0.15) is 0 Å². The molecule has 58 valence electrons. The third-order valence-corrected chi connectivity index (χ3v) is 2.23. The molecule has 0 aromatic rings. The van der Waals surface area contributed by atoms with E-state index >= 15 is 0 Å². The fourth-order valence-electron chi connectivity index (χ4n) is 1.32. The molecule has 1 aliphatic rings. The lowest BCUT2D eigenvalue weighted by Gasteiger charge is -2.20. The molecule has 0 aromatic heterocycles. The highest BCUT2D eigenvalue weighted by molar-refractivity contribution is 5.47. The summed E-state index contributed by atoms with van der Waals surface area (Å²) >= 11 is 0. The molecule has 10 heavy (non-hydrogen) atoms. The normalized spacial score (nSPS) is 32.8. The molecule has 1 unspecified atom stereocenters. The number of carbonyl (C=O) groups excluding carboxylic acids is 1. The predicted octanol–water partition coefficient (Wildman–Crippen LogP) is -0.186. The lowest BCUT2D eigenvalue weighted by Crippen LogP contribution is -2.30. The van der Waals surface area contributed by atoms with E-state index in [1.54, 1.807) is 4.90 Å². The van der Waals surface area contributed by atoms with Crippen molar-refractivity contribution >= 4 is 6.41 Å². The van der Waals surface area contributed by atoms with Crippen LogP contribution in [0.15, 0.2) is 0 Å². The molecule has 0 aliphatic carbocycles. The highest BCUT2D eigenvalue weighted by Crippen LogP contribution is 2.26. The second kappa shape index (κ2) is 2.58. The SMILES string of the molecule is CC1(CN)CCN(C=O)C1. The van der Waals surface area contributed by atoms with Gasteiger partial charge in [-0.25, -0.2) is 0 Å². The van der Waals surface area contributed by atoms with E-state index < -0.39 is 0 Å². The van der Waals surface area contributed by atoms with Crippen LogP contribution in [0.5, 0.6) is 0 Å². The average Bonchev–Trinajstić information content (AvgIpc) is 2.33. The van der Waals surface area contributed by atoms with Crippen LogP contribution in [0.4, 0.5) is 0 Å². The minimum atomic E-state index is 0.181. The molecule has 1 heterocycles. The Bertz CT molecular complexity index is 138. The molecule has 0 spiro atoms. The van der Waals surface area contributed by atoms with Crippen molar-refractivity contribution in [1.29, 1.82) is 0 Å². The maximum absolute atomic E-state index is 10.3. The van der Waals surface area contributed by atoms with Crippen LogP contribution >= 0.6 is 0 Å². The molecule has 3 nitrogen and oxygen atoms in total. The molecule has 0 bridgehead atoms. The maximum atomic E-state index is 10.3. The van der Waals surface area contributed by atoms with Gasteiger partial charge < -0.3 is 10.6 Å². The minimum absolute atomic E-state index is 0.181. The van der Waals surface area contributed by atoms with E-state index in [1.807, 2.05) is 0 Å². The van der Waals surface area contributed by atoms with Gasteiger partial charge in [0.2, 0.25) is 6.41 Å². The molecule has 1 amide bonds. The van der Waals surface area contributed by atoms with Crippen molar-refractivity contribution in [2.75, 3.05) is 19.6 Å². The summed E-state index contributed by atoms with van der Waals surface area (Å²) in [6, 6.07) is 0. The molecule has 1 rings (SSSR count). The lowest BCUT2D eigenvalue weighted by atomic mass is 9.90. The van der Waals surface area contributed by atoms with Crippen LogP contribution < -0.4 is 5.73 Å². The summed E-state index contributed by atoms with van der Waals surface area (Å²) in [5, 5.41) is 0. The first-order chi connectivity index (χ1) is 4.70. The molecule has 1 fully saturated rings. The first-order valence-electron chi connectivity index (χ1n) is 3.60. The van der Waals surface area contributed by atoms with Crippen LogP contribution in [-0.2, 0) is 4.79 Å². The van der Waals surface area contributed by atoms with E-state index in [0.717, 1.165) is 25.9 Å². The van der Waals surface area contributed by atoms with Crippen molar-refractivity contribution in [2.24, 2.45) is 11.1 Å². The number of nitrogens with two attached hydrogens (primary N) is 1. The second-order valence-electron chi connectivity index (χ2n) is 3.34. The van der Waals surface area contributed by atoms with Gasteiger partial charge in [-0.15, -0.1) is 0 Å².